The van der Waals surface area contributed by atoms with Crippen LogP contribution < -0.4 is 0 Å². The third kappa shape index (κ3) is 22.7. The topological polar surface area (TPSA) is 23.8 Å². The predicted octanol–water partition coefficient (Wildman–Crippen LogP) is 4.29. The van der Waals surface area contributed by atoms with Crippen molar-refractivity contribution in [2.45, 2.75) is 65.7 Å². The van der Waals surface area contributed by atoms with Crippen LogP contribution in [0, 0.1) is 11.3 Å². The lowest BCUT2D eigenvalue weighted by atomic mass is 10.1. The predicted molar refractivity (Wildman–Crippen MR) is 55.0 cm³/mol. The molecule has 0 aliphatic heterocycles. The molecule has 0 heterocycles. The van der Waals surface area contributed by atoms with E-state index < -0.39 is 0 Å². The van der Waals surface area contributed by atoms with E-state index in [4.69, 9.17) is 5.26 Å². The van der Waals surface area contributed by atoms with E-state index in [0.29, 0.717) is 0 Å². The van der Waals surface area contributed by atoms with Gasteiger partial charge in [0.25, 0.3) is 0 Å². The molecule has 72 valence electrons. The highest BCUT2D eigenvalue weighted by atomic mass is 14.2. The second-order valence-corrected chi connectivity index (χ2v) is 2.99. The van der Waals surface area contributed by atoms with Crippen LogP contribution in [0.4, 0.5) is 0 Å². The minimum atomic E-state index is 1.37. The summed E-state index contributed by atoms with van der Waals surface area (Å²) in [4.78, 5) is 0. The van der Waals surface area contributed by atoms with Gasteiger partial charge in [-0.2, -0.15) is 5.26 Å². The van der Waals surface area contributed by atoms with Gasteiger partial charge in [0, 0.05) is 6.92 Å². The van der Waals surface area contributed by atoms with Crippen LogP contribution in [-0.2, 0) is 0 Å². The second-order valence-electron chi connectivity index (χ2n) is 2.99. The number of hydrogen-bond donors (Lipinski definition) is 0. The molecule has 0 aliphatic carbocycles. The van der Waals surface area contributed by atoms with Crippen LogP contribution in [0.1, 0.15) is 65.7 Å². The van der Waals surface area contributed by atoms with Gasteiger partial charge in [0.05, 0.1) is 6.07 Å². The summed E-state index contributed by atoms with van der Waals surface area (Å²) in [6.45, 7) is 5.96. The Labute approximate surface area is 77.8 Å². The third-order valence-electron chi connectivity index (χ3n) is 1.71. The Morgan fingerprint density at radius 3 is 1.33 bits per heavy atom. The Morgan fingerprint density at radius 1 is 0.833 bits per heavy atom. The zero-order valence-electron chi connectivity index (χ0n) is 8.90. The molecule has 0 aliphatic rings. The van der Waals surface area contributed by atoms with Crippen LogP contribution in [0.5, 0.6) is 0 Å². The maximum Gasteiger partial charge on any atom is 0.0587 e. The summed E-state index contributed by atoms with van der Waals surface area (Å²) < 4.78 is 0. The van der Waals surface area contributed by atoms with Crippen molar-refractivity contribution >= 4 is 0 Å². The first-order valence-electron chi connectivity index (χ1n) is 5.14. The molecule has 12 heavy (non-hydrogen) atoms. The Bertz CT molecular complexity index is 85.7. The molecule has 0 unspecified atom stereocenters. The summed E-state index contributed by atoms with van der Waals surface area (Å²) in [7, 11) is 0. The minimum Gasteiger partial charge on any atom is -0.199 e. The zero-order valence-corrected chi connectivity index (χ0v) is 8.90. The maximum atomic E-state index is 7.32. The molecule has 0 atom stereocenters. The van der Waals surface area contributed by atoms with Crippen molar-refractivity contribution in [3.8, 4) is 6.07 Å². The molecule has 0 aromatic carbocycles. The van der Waals surface area contributed by atoms with Gasteiger partial charge in [-0.1, -0.05) is 58.8 Å². The zero-order chi connectivity index (χ0) is 9.66. The molecule has 0 radical (unpaired) electrons. The molecule has 0 saturated carbocycles. The van der Waals surface area contributed by atoms with E-state index in [9.17, 15) is 0 Å². The van der Waals surface area contributed by atoms with Gasteiger partial charge >= 0.3 is 0 Å². The van der Waals surface area contributed by atoms with Crippen molar-refractivity contribution in [2.75, 3.05) is 0 Å². The van der Waals surface area contributed by atoms with Crippen molar-refractivity contribution in [1.29, 1.82) is 5.26 Å². The summed E-state index contributed by atoms with van der Waals surface area (Å²) in [6.07, 6.45) is 9.97. The molecule has 0 N–H and O–H groups in total. The molecule has 0 rings (SSSR count). The maximum absolute atomic E-state index is 7.32. The van der Waals surface area contributed by atoms with Crippen LogP contribution >= 0.6 is 0 Å². The first-order valence-corrected chi connectivity index (χ1v) is 5.14. The van der Waals surface area contributed by atoms with Gasteiger partial charge in [-0.25, -0.2) is 0 Å². The van der Waals surface area contributed by atoms with E-state index in [2.05, 4.69) is 13.8 Å². The summed E-state index contributed by atoms with van der Waals surface area (Å²) in [5.41, 5.74) is 0. The standard InChI is InChI=1S/C9H20.C2H3N/c1-3-5-7-9-8-6-4-2;1-2-3/h3-9H2,1-2H3;1H3. The molecular weight excluding hydrogens is 146 g/mol. The van der Waals surface area contributed by atoms with Crippen LogP contribution in [0.25, 0.3) is 0 Å². The molecule has 0 aromatic rings. The number of hydrogen-bond acceptors (Lipinski definition) is 1. The van der Waals surface area contributed by atoms with Crippen LogP contribution in [0.3, 0.4) is 0 Å². The highest BCUT2D eigenvalue weighted by Gasteiger charge is 1.85. The first kappa shape index (κ1) is 14.0. The Morgan fingerprint density at radius 2 is 1.08 bits per heavy atom. The summed E-state index contributed by atoms with van der Waals surface area (Å²) in [5, 5.41) is 7.32. The van der Waals surface area contributed by atoms with Gasteiger partial charge in [-0.3, -0.25) is 0 Å². The fourth-order valence-corrected chi connectivity index (χ4v) is 1.03. The van der Waals surface area contributed by atoms with Crippen molar-refractivity contribution in [3.05, 3.63) is 0 Å². The summed E-state index contributed by atoms with van der Waals surface area (Å²) in [6, 6.07) is 1.75. The lowest BCUT2D eigenvalue weighted by Crippen LogP contribution is -1.76. The average molecular weight is 169 g/mol. The van der Waals surface area contributed by atoms with E-state index in [-0.39, 0.29) is 0 Å². The molecule has 0 amide bonds. The van der Waals surface area contributed by atoms with Crippen molar-refractivity contribution in [2.24, 2.45) is 0 Å². The second kappa shape index (κ2) is 16.8. The van der Waals surface area contributed by atoms with Gasteiger partial charge in [0.15, 0.2) is 0 Å². The van der Waals surface area contributed by atoms with E-state index in [1.807, 2.05) is 0 Å². The summed E-state index contributed by atoms with van der Waals surface area (Å²) >= 11 is 0. The van der Waals surface area contributed by atoms with Crippen molar-refractivity contribution < 1.29 is 0 Å². The van der Waals surface area contributed by atoms with Crippen molar-refractivity contribution in [3.63, 3.8) is 0 Å². The normalized spacial score (nSPS) is 8.17. The Hall–Kier alpha value is -0.510. The molecule has 1 nitrogen and oxygen atoms in total. The number of nitriles is 1. The van der Waals surface area contributed by atoms with E-state index in [0.717, 1.165) is 0 Å². The van der Waals surface area contributed by atoms with Gasteiger partial charge in [-0.15, -0.1) is 0 Å². The molecule has 0 aromatic heterocycles. The molecule has 0 saturated heterocycles. The minimum absolute atomic E-state index is 1.37. The van der Waals surface area contributed by atoms with E-state index in [1.165, 1.54) is 51.9 Å². The SMILES string of the molecule is CC#N.CCCCCCCCC. The number of nitrogens with zero attached hydrogens (tertiary/aromatic N) is 1. The van der Waals surface area contributed by atoms with E-state index >= 15 is 0 Å². The average Bonchev–Trinajstić information content (AvgIpc) is 2.06. The monoisotopic (exact) mass is 169 g/mol. The first-order chi connectivity index (χ1) is 5.83. The van der Waals surface area contributed by atoms with Crippen molar-refractivity contribution in [1.82, 2.24) is 0 Å². The highest BCUT2D eigenvalue weighted by Crippen LogP contribution is 2.05. The lowest BCUT2D eigenvalue weighted by molar-refractivity contribution is 0.602. The van der Waals surface area contributed by atoms with E-state index in [1.54, 1.807) is 6.07 Å². The lowest BCUT2D eigenvalue weighted by Gasteiger charge is -1.96. The Balaban J connectivity index is 0. The molecule has 0 fully saturated rings. The fourth-order valence-electron chi connectivity index (χ4n) is 1.03. The smallest absolute Gasteiger partial charge is 0.0587 e. The van der Waals surface area contributed by atoms with Gasteiger partial charge in [-0.05, 0) is 0 Å². The fraction of sp³-hybridized carbons (Fsp3) is 0.909. The van der Waals surface area contributed by atoms with Gasteiger partial charge < -0.3 is 0 Å². The van der Waals surface area contributed by atoms with Crippen LogP contribution in [-0.4, -0.2) is 0 Å². The van der Waals surface area contributed by atoms with Gasteiger partial charge in [0.1, 0.15) is 0 Å². The third-order valence-corrected chi connectivity index (χ3v) is 1.71. The van der Waals surface area contributed by atoms with Crippen LogP contribution in [0.2, 0.25) is 0 Å². The van der Waals surface area contributed by atoms with Gasteiger partial charge in [0.2, 0.25) is 0 Å². The van der Waals surface area contributed by atoms with Crippen LogP contribution in [0.15, 0.2) is 0 Å². The number of unbranched alkanes of at least 4 members (excludes halogenated alkanes) is 6. The molecular formula is C11H23N. The highest BCUT2D eigenvalue weighted by molar-refractivity contribution is 4.51. The number of rotatable bonds is 6. The summed E-state index contributed by atoms with van der Waals surface area (Å²) in [5.74, 6) is 0. The quantitative estimate of drug-likeness (QED) is 0.544. The largest absolute Gasteiger partial charge is 0.199 e. The molecule has 0 spiro atoms. The molecule has 1 heteroatoms. The molecule has 0 bridgehead atoms. The Kier molecular flexibility index (Phi) is 19.7.